The molecule has 77 heavy (non-hydrogen) atoms. The van der Waals surface area contributed by atoms with Crippen molar-refractivity contribution in [3.8, 4) is 0 Å². The van der Waals surface area contributed by atoms with E-state index in [-0.39, 0.29) is 52.0 Å². The Bertz CT molecular complexity index is 4170. The van der Waals surface area contributed by atoms with Crippen LogP contribution in [-0.2, 0) is 83.7 Å². The fourth-order valence-electron chi connectivity index (χ4n) is 6.70. The Morgan fingerprint density at radius 3 is 1.47 bits per heavy atom. The number of nitrogens with one attached hydrogen (secondary N) is 4. The number of rotatable bonds is 23. The SMILES string of the molecule is CCCNc1nc(Cc2ccc(/C=C/c3ccc(Nc4nc(NCCS(=O)(=O)O)nc(Nc5cc(S(=O)(=O)O)ccc5S(=O)(=O)O)n4)cc3S(=O)(=O)O)c(S(=O)(=O)O)c2)nc(Cc2cc(S(=O)(=O)O)ccc2S(=O)(=O)O)n1. The lowest BCUT2D eigenvalue weighted by atomic mass is 10.1. The molecule has 6 rings (SSSR count). The number of aromatic nitrogens is 6. The molecule has 0 unspecified atom stereocenters. The minimum absolute atomic E-state index is 0.0544. The number of hydrogen-bond donors (Lipinski definition) is 11. The molecular formula is C39H40N10O21S7. The summed E-state index contributed by atoms with van der Waals surface area (Å²) in [6, 6.07) is 10.8. The van der Waals surface area contributed by atoms with Crippen LogP contribution in [0.2, 0.25) is 0 Å². The first-order chi connectivity index (χ1) is 35.5. The normalized spacial score (nSPS) is 12.9. The highest BCUT2D eigenvalue weighted by molar-refractivity contribution is 7.87. The van der Waals surface area contributed by atoms with Crippen LogP contribution in [0.4, 0.5) is 35.2 Å². The molecular weight excluding hydrogens is 1170 g/mol. The van der Waals surface area contributed by atoms with Crippen LogP contribution in [0.5, 0.6) is 0 Å². The molecule has 11 N–H and O–H groups in total. The minimum Gasteiger partial charge on any atom is -0.354 e. The average molecular weight is 1210 g/mol. The van der Waals surface area contributed by atoms with Gasteiger partial charge >= 0.3 is 0 Å². The molecule has 0 saturated carbocycles. The van der Waals surface area contributed by atoms with Gasteiger partial charge in [-0.1, -0.05) is 37.3 Å². The zero-order valence-electron chi connectivity index (χ0n) is 38.7. The molecule has 6 aromatic rings. The topological polar surface area (TPSA) is 506 Å². The van der Waals surface area contributed by atoms with E-state index >= 15 is 0 Å². The van der Waals surface area contributed by atoms with Gasteiger partial charge in [-0.3, -0.25) is 31.9 Å². The first kappa shape index (κ1) is 59.5. The standard InChI is InChI=1S/C39H40N10O21S7/c1-2-13-40-36-45-34(44-35(46-36)19-25-18-27(72(53,54)55)9-11-30(25)74(59,60)61)17-22-3-4-23(32(16-22)76(65,66)67)5-6-24-7-8-26(20-33(24)77(68,69)70)42-38-47-37(41-14-15-71(50,51)52)48-39(49-38)43-29-21-28(73(56,57)58)10-12-31(29)75(62,63)64/h3-12,16,18,20-21H,2,13-15,17,19H2,1H3,(H,50,51,52)(H,53,54,55)(H,56,57,58)(H,59,60,61)(H,62,63,64)(H,65,66,67)(H,68,69,70)(H,40,44,45,46)(H3,41,42,43,47,48,49)/b6-5+. The molecule has 0 amide bonds. The van der Waals surface area contributed by atoms with Gasteiger partial charge in [0.05, 0.1) is 26.1 Å². The summed E-state index contributed by atoms with van der Waals surface area (Å²) >= 11 is 0. The highest BCUT2D eigenvalue weighted by Crippen LogP contribution is 2.31. The van der Waals surface area contributed by atoms with Crippen molar-refractivity contribution in [2.75, 3.05) is 40.1 Å². The monoisotopic (exact) mass is 1210 g/mol. The van der Waals surface area contributed by atoms with E-state index in [1.165, 1.54) is 18.2 Å². The van der Waals surface area contributed by atoms with Gasteiger partial charge in [0.2, 0.25) is 23.8 Å². The van der Waals surface area contributed by atoms with Gasteiger partial charge in [0.15, 0.2) is 0 Å². The Morgan fingerprint density at radius 2 is 0.922 bits per heavy atom. The number of benzene rings is 4. The molecule has 4 aromatic carbocycles. The van der Waals surface area contributed by atoms with Gasteiger partial charge in [0.1, 0.15) is 26.3 Å². The third-order valence-electron chi connectivity index (χ3n) is 9.98. The lowest BCUT2D eigenvalue weighted by Gasteiger charge is -2.14. The number of hydrogen-bond acceptors (Lipinski definition) is 24. The second kappa shape index (κ2) is 22.7. The zero-order valence-corrected chi connectivity index (χ0v) is 44.4. The van der Waals surface area contributed by atoms with Crippen molar-refractivity contribution in [2.24, 2.45) is 0 Å². The van der Waals surface area contributed by atoms with Crippen LogP contribution in [0.3, 0.4) is 0 Å². The predicted molar refractivity (Wildman–Crippen MR) is 269 cm³/mol. The Hall–Kier alpha value is -6.79. The predicted octanol–water partition coefficient (Wildman–Crippen LogP) is 2.50. The van der Waals surface area contributed by atoms with Gasteiger partial charge in [-0.25, -0.2) is 4.98 Å². The zero-order chi connectivity index (χ0) is 57.1. The Morgan fingerprint density at radius 1 is 0.442 bits per heavy atom. The maximum absolute atomic E-state index is 12.8. The summed E-state index contributed by atoms with van der Waals surface area (Å²) in [5, 5.41) is 10.2. The summed E-state index contributed by atoms with van der Waals surface area (Å²) < 4.78 is 238. The van der Waals surface area contributed by atoms with Crippen molar-refractivity contribution in [3.05, 3.63) is 107 Å². The first-order valence-corrected chi connectivity index (χ1v) is 31.2. The summed E-state index contributed by atoms with van der Waals surface area (Å²) in [6.45, 7) is 1.57. The van der Waals surface area contributed by atoms with Gasteiger partial charge in [0, 0.05) is 31.6 Å². The summed E-state index contributed by atoms with van der Waals surface area (Å²) in [4.78, 5) is 19.9. The van der Waals surface area contributed by atoms with E-state index in [0.717, 1.165) is 48.6 Å². The molecule has 0 bridgehead atoms. The van der Waals surface area contributed by atoms with E-state index in [2.05, 4.69) is 51.2 Å². The van der Waals surface area contributed by atoms with E-state index in [1.54, 1.807) is 0 Å². The van der Waals surface area contributed by atoms with Crippen molar-refractivity contribution in [1.29, 1.82) is 0 Å². The number of anilines is 6. The summed E-state index contributed by atoms with van der Waals surface area (Å²) in [5.74, 6) is -2.95. The van der Waals surface area contributed by atoms with E-state index in [9.17, 15) is 90.8 Å². The first-order valence-electron chi connectivity index (χ1n) is 21.0. The van der Waals surface area contributed by atoms with Crippen molar-refractivity contribution < 1.29 is 90.8 Å². The summed E-state index contributed by atoms with van der Waals surface area (Å²) in [5.41, 5.74) is -1.70. The fourth-order valence-corrected chi connectivity index (χ4v) is 10.9. The van der Waals surface area contributed by atoms with Crippen molar-refractivity contribution in [1.82, 2.24) is 29.9 Å². The Balaban J connectivity index is 1.34. The molecule has 0 radical (unpaired) electrons. The minimum atomic E-state index is -5.17. The smallest absolute Gasteiger partial charge is 0.296 e. The molecule has 0 saturated heterocycles. The fraction of sp³-hybridized carbons (Fsp3) is 0.179. The quantitative estimate of drug-likeness (QED) is 0.0324. The highest BCUT2D eigenvalue weighted by Gasteiger charge is 2.25. The van der Waals surface area contributed by atoms with E-state index in [4.69, 9.17) is 0 Å². The van der Waals surface area contributed by atoms with Crippen molar-refractivity contribution >= 4 is 118 Å². The molecule has 2 heterocycles. The highest BCUT2D eigenvalue weighted by atomic mass is 32.2. The summed E-state index contributed by atoms with van der Waals surface area (Å²) in [7, 11) is -34.7. The van der Waals surface area contributed by atoms with Crippen LogP contribution in [0.25, 0.3) is 12.2 Å². The van der Waals surface area contributed by atoms with Gasteiger partial charge < -0.3 is 21.3 Å². The average Bonchev–Trinajstić information content (AvgIpc) is 3.28. The maximum atomic E-state index is 12.8. The third-order valence-corrected chi connectivity index (χ3v) is 16.1. The molecule has 0 aliphatic carbocycles. The van der Waals surface area contributed by atoms with Crippen molar-refractivity contribution in [2.45, 2.75) is 55.6 Å². The molecule has 0 fully saturated rings. The second-order valence-corrected chi connectivity index (χ2v) is 25.8. The Kier molecular flexibility index (Phi) is 17.5. The van der Waals surface area contributed by atoms with E-state index < -0.39 is 142 Å². The molecule has 414 valence electrons. The molecule has 38 heteroatoms. The molecule has 0 spiro atoms. The lowest BCUT2D eigenvalue weighted by molar-refractivity contribution is 0.477. The molecule has 2 aromatic heterocycles. The van der Waals surface area contributed by atoms with E-state index in [1.807, 2.05) is 6.92 Å². The van der Waals surface area contributed by atoms with Gasteiger partial charge in [-0.15, -0.1) is 0 Å². The van der Waals surface area contributed by atoms with E-state index in [0.29, 0.717) is 31.2 Å². The van der Waals surface area contributed by atoms with Crippen LogP contribution < -0.4 is 21.3 Å². The number of nitrogens with zero attached hydrogens (tertiary/aromatic N) is 6. The lowest BCUT2D eigenvalue weighted by Crippen LogP contribution is -2.17. The van der Waals surface area contributed by atoms with Crippen molar-refractivity contribution in [3.63, 3.8) is 0 Å². The largest absolute Gasteiger partial charge is 0.354 e. The van der Waals surface area contributed by atoms with Gasteiger partial charge in [0.25, 0.3) is 70.8 Å². The molecule has 31 nitrogen and oxygen atoms in total. The summed E-state index contributed by atoms with van der Waals surface area (Å²) in [6.07, 6.45) is 1.81. The molecule has 0 aliphatic rings. The third kappa shape index (κ3) is 16.6. The van der Waals surface area contributed by atoms with Crippen LogP contribution in [0.15, 0.2) is 102 Å². The van der Waals surface area contributed by atoms with Gasteiger partial charge in [-0.2, -0.15) is 83.8 Å². The van der Waals surface area contributed by atoms with Crippen LogP contribution >= 0.6 is 0 Å². The Labute approximate surface area is 438 Å². The molecule has 0 atom stereocenters. The molecule has 0 aliphatic heterocycles. The van der Waals surface area contributed by atoms with Crippen LogP contribution in [-0.4, -0.2) is 140 Å². The van der Waals surface area contributed by atoms with Crippen LogP contribution in [0.1, 0.15) is 47.2 Å². The van der Waals surface area contributed by atoms with Gasteiger partial charge in [-0.05, 0) is 83.3 Å². The maximum Gasteiger partial charge on any atom is 0.296 e. The van der Waals surface area contributed by atoms with Crippen LogP contribution in [0, 0.1) is 0 Å². The second-order valence-electron chi connectivity index (χ2n) is 15.8.